The van der Waals surface area contributed by atoms with Crippen molar-refractivity contribution < 1.29 is 9.21 Å². The lowest BCUT2D eigenvalue weighted by atomic mass is 10.3. The van der Waals surface area contributed by atoms with Gasteiger partial charge in [-0.05, 0) is 56.2 Å². The van der Waals surface area contributed by atoms with E-state index in [0.29, 0.717) is 22.7 Å². The number of anilines is 1. The first kappa shape index (κ1) is 20.3. The molecule has 8 nitrogen and oxygen atoms in total. The molecule has 1 aliphatic carbocycles. The summed E-state index contributed by atoms with van der Waals surface area (Å²) in [6, 6.07) is 15.6. The fourth-order valence-electron chi connectivity index (χ4n) is 3.24. The maximum Gasteiger partial charge on any atom is 0.236 e. The van der Waals surface area contributed by atoms with Crippen molar-refractivity contribution in [2.24, 2.45) is 0 Å². The van der Waals surface area contributed by atoms with Gasteiger partial charge in [-0.3, -0.25) is 9.89 Å². The van der Waals surface area contributed by atoms with E-state index < -0.39 is 0 Å². The number of aromatic nitrogens is 5. The number of para-hydroxylation sites is 1. The van der Waals surface area contributed by atoms with E-state index in [9.17, 15) is 4.79 Å². The van der Waals surface area contributed by atoms with E-state index in [4.69, 9.17) is 9.52 Å². The van der Waals surface area contributed by atoms with E-state index in [1.54, 1.807) is 10.8 Å². The van der Waals surface area contributed by atoms with Gasteiger partial charge < -0.3 is 9.73 Å². The van der Waals surface area contributed by atoms with E-state index in [-0.39, 0.29) is 11.7 Å². The van der Waals surface area contributed by atoms with Crippen LogP contribution in [0, 0.1) is 6.92 Å². The van der Waals surface area contributed by atoms with Gasteiger partial charge in [0.25, 0.3) is 0 Å². The third kappa shape index (κ3) is 4.83. The molecular weight excluding hydrogens is 424 g/mol. The molecule has 2 N–H and O–H groups in total. The molecule has 1 aromatic carbocycles. The minimum absolute atomic E-state index is 0.137. The molecule has 0 aliphatic heterocycles. The summed E-state index contributed by atoms with van der Waals surface area (Å²) >= 11 is 1.27. The maximum atomic E-state index is 12.6. The van der Waals surface area contributed by atoms with Gasteiger partial charge in [-0.2, -0.15) is 5.10 Å². The number of carbonyl (C=O) groups is 1. The second-order valence-electron chi connectivity index (χ2n) is 7.60. The number of furan rings is 1. The number of aryl methyl sites for hydroxylation is 1. The van der Waals surface area contributed by atoms with Crippen LogP contribution < -0.4 is 5.32 Å². The number of hydrogen-bond acceptors (Lipinski definition) is 6. The van der Waals surface area contributed by atoms with Crippen LogP contribution >= 0.6 is 11.8 Å². The van der Waals surface area contributed by atoms with E-state index in [2.05, 4.69) is 20.5 Å². The van der Waals surface area contributed by atoms with Gasteiger partial charge in [0.05, 0.1) is 17.1 Å². The Balaban J connectivity index is 1.21. The normalized spacial score (nSPS) is 13.7. The average molecular weight is 447 g/mol. The zero-order valence-electron chi connectivity index (χ0n) is 17.5. The predicted octanol–water partition coefficient (Wildman–Crippen LogP) is 4.67. The van der Waals surface area contributed by atoms with Crippen molar-refractivity contribution in [2.45, 2.75) is 30.8 Å². The Morgan fingerprint density at radius 2 is 2.09 bits per heavy atom. The first-order valence-corrected chi connectivity index (χ1v) is 11.4. The Morgan fingerprint density at radius 3 is 2.84 bits per heavy atom. The summed E-state index contributed by atoms with van der Waals surface area (Å²) in [4.78, 5) is 17.0. The topological polar surface area (TPSA) is 102 Å². The number of nitrogens with zero attached hydrogens (tertiary/aromatic N) is 4. The SMILES string of the molecule is Cc1ccc(/C=C/c2nc(SCC(=O)Nc3cc(C4CC4)nn3-c3ccccc3)n[nH]2)o1. The van der Waals surface area contributed by atoms with Crippen molar-refractivity contribution >= 4 is 35.6 Å². The van der Waals surface area contributed by atoms with Gasteiger partial charge in [0, 0.05) is 12.0 Å². The molecule has 0 bridgehead atoms. The van der Waals surface area contributed by atoms with E-state index in [1.807, 2.05) is 61.5 Å². The molecule has 1 aliphatic rings. The molecule has 3 aromatic heterocycles. The summed E-state index contributed by atoms with van der Waals surface area (Å²) < 4.78 is 7.29. The Hall–Kier alpha value is -3.59. The second kappa shape index (κ2) is 8.88. The van der Waals surface area contributed by atoms with Crippen molar-refractivity contribution in [3.05, 3.63) is 71.6 Å². The van der Waals surface area contributed by atoms with Crippen LogP contribution in [0.3, 0.4) is 0 Å². The van der Waals surface area contributed by atoms with Crippen molar-refractivity contribution in [2.75, 3.05) is 11.1 Å². The molecule has 0 atom stereocenters. The van der Waals surface area contributed by atoms with Gasteiger partial charge in [-0.1, -0.05) is 30.0 Å². The molecule has 1 saturated carbocycles. The van der Waals surface area contributed by atoms with Crippen LogP contribution in [0.25, 0.3) is 17.8 Å². The van der Waals surface area contributed by atoms with Gasteiger partial charge in [0.2, 0.25) is 11.1 Å². The van der Waals surface area contributed by atoms with Crippen LogP contribution in [0.1, 0.15) is 41.8 Å². The fourth-order valence-corrected chi connectivity index (χ4v) is 3.85. The van der Waals surface area contributed by atoms with Gasteiger partial charge >= 0.3 is 0 Å². The highest BCUT2D eigenvalue weighted by Crippen LogP contribution is 2.40. The summed E-state index contributed by atoms with van der Waals surface area (Å²) in [5.41, 5.74) is 1.94. The van der Waals surface area contributed by atoms with Crippen LogP contribution in [0.15, 0.2) is 58.1 Å². The number of amides is 1. The molecule has 4 aromatic rings. The van der Waals surface area contributed by atoms with Crippen molar-refractivity contribution in [3.63, 3.8) is 0 Å². The molecule has 1 fully saturated rings. The quantitative estimate of drug-likeness (QED) is 0.381. The first-order chi connectivity index (χ1) is 15.6. The highest BCUT2D eigenvalue weighted by Gasteiger charge is 2.28. The molecule has 32 heavy (non-hydrogen) atoms. The third-order valence-electron chi connectivity index (χ3n) is 4.97. The molecule has 1 amide bonds. The fraction of sp³-hybridized carbons (Fsp3) is 0.217. The number of aromatic amines is 1. The molecule has 9 heteroatoms. The molecule has 3 heterocycles. The number of hydrogen-bond donors (Lipinski definition) is 2. The summed E-state index contributed by atoms with van der Waals surface area (Å²) in [6.45, 7) is 1.89. The van der Waals surface area contributed by atoms with E-state index in [1.165, 1.54) is 11.8 Å². The highest BCUT2D eigenvalue weighted by atomic mass is 32.2. The van der Waals surface area contributed by atoms with Gasteiger partial charge in [-0.25, -0.2) is 9.67 Å². The van der Waals surface area contributed by atoms with E-state index >= 15 is 0 Å². The van der Waals surface area contributed by atoms with Crippen LogP contribution in [-0.2, 0) is 4.79 Å². The van der Waals surface area contributed by atoms with Gasteiger partial charge in [-0.15, -0.1) is 5.10 Å². The number of benzene rings is 1. The molecule has 0 unspecified atom stereocenters. The summed E-state index contributed by atoms with van der Waals surface area (Å²) in [7, 11) is 0. The largest absolute Gasteiger partial charge is 0.462 e. The average Bonchev–Trinajstić information content (AvgIpc) is 3.20. The van der Waals surface area contributed by atoms with Crippen LogP contribution in [0.2, 0.25) is 0 Å². The number of nitrogens with one attached hydrogen (secondary N) is 2. The third-order valence-corrected chi connectivity index (χ3v) is 5.82. The maximum absolute atomic E-state index is 12.6. The molecule has 0 spiro atoms. The van der Waals surface area contributed by atoms with Crippen LogP contribution in [0.5, 0.6) is 0 Å². The predicted molar refractivity (Wildman–Crippen MR) is 124 cm³/mol. The summed E-state index contributed by atoms with van der Waals surface area (Å²) in [5, 5.41) is 15.2. The molecular formula is C23H22N6O2S. The molecule has 0 radical (unpaired) electrons. The lowest BCUT2D eigenvalue weighted by molar-refractivity contribution is -0.113. The minimum atomic E-state index is -0.137. The number of carbonyl (C=O) groups excluding carboxylic acids is 1. The Kier molecular flexibility index (Phi) is 5.64. The molecule has 5 rings (SSSR count). The minimum Gasteiger partial charge on any atom is -0.462 e. The summed E-state index contributed by atoms with van der Waals surface area (Å²) in [5.74, 6) is 3.42. The lowest BCUT2D eigenvalue weighted by Gasteiger charge is -2.08. The van der Waals surface area contributed by atoms with Crippen molar-refractivity contribution in [3.8, 4) is 5.69 Å². The monoisotopic (exact) mass is 446 g/mol. The lowest BCUT2D eigenvalue weighted by Crippen LogP contribution is -2.17. The van der Waals surface area contributed by atoms with Gasteiger partial charge in [0.15, 0.2) is 0 Å². The molecule has 0 saturated heterocycles. The number of thioether (sulfide) groups is 1. The van der Waals surface area contributed by atoms with Crippen molar-refractivity contribution in [1.29, 1.82) is 0 Å². The Morgan fingerprint density at radius 1 is 1.25 bits per heavy atom. The standard InChI is InChI=1S/C23H22N6O2S/c1-15-7-10-18(31-15)11-12-20-24-23(27-26-20)32-14-22(30)25-21-13-19(16-8-9-16)28-29(21)17-5-3-2-4-6-17/h2-7,10-13,16H,8-9,14H2,1H3,(H,25,30)(H,24,26,27)/b12-11+. The van der Waals surface area contributed by atoms with Crippen LogP contribution in [-0.4, -0.2) is 36.6 Å². The second-order valence-corrected chi connectivity index (χ2v) is 8.54. The van der Waals surface area contributed by atoms with Crippen molar-refractivity contribution in [1.82, 2.24) is 25.0 Å². The number of H-pyrrole nitrogens is 1. The zero-order valence-corrected chi connectivity index (χ0v) is 18.3. The molecule has 162 valence electrons. The van der Waals surface area contributed by atoms with E-state index in [0.717, 1.165) is 35.7 Å². The Labute approximate surface area is 189 Å². The highest BCUT2D eigenvalue weighted by molar-refractivity contribution is 7.99. The smallest absolute Gasteiger partial charge is 0.236 e. The Bertz CT molecular complexity index is 1250. The first-order valence-electron chi connectivity index (χ1n) is 10.4. The number of rotatable bonds is 8. The van der Waals surface area contributed by atoms with Gasteiger partial charge in [0.1, 0.15) is 23.2 Å². The van der Waals surface area contributed by atoms with Crippen LogP contribution in [0.4, 0.5) is 5.82 Å². The summed E-state index contributed by atoms with van der Waals surface area (Å²) in [6.07, 6.45) is 5.90. The zero-order chi connectivity index (χ0) is 21.9.